The van der Waals surface area contributed by atoms with Gasteiger partial charge in [0.1, 0.15) is 0 Å². The van der Waals surface area contributed by atoms with Gasteiger partial charge < -0.3 is 15.3 Å². The third-order valence-corrected chi connectivity index (χ3v) is 3.91. The SMILES string of the molecule is CN(C)CC(O)CNc1ccc(Br)c(Cl)c1Cl. The smallest absolute Gasteiger partial charge is 0.0838 e. The maximum absolute atomic E-state index is 9.71. The fourth-order valence-corrected chi connectivity index (χ4v) is 2.22. The summed E-state index contributed by atoms with van der Waals surface area (Å²) in [7, 11) is 3.82. The quantitative estimate of drug-likeness (QED) is 0.808. The lowest BCUT2D eigenvalue weighted by Gasteiger charge is -2.17. The zero-order valence-electron chi connectivity index (χ0n) is 9.67. The van der Waals surface area contributed by atoms with Gasteiger partial charge in [-0.3, -0.25) is 0 Å². The Hall–Kier alpha value is -0.000000000000000111. The Morgan fingerprint density at radius 2 is 2.00 bits per heavy atom. The fourth-order valence-electron chi connectivity index (χ4n) is 1.38. The second-order valence-corrected chi connectivity index (χ2v) is 5.63. The molecule has 17 heavy (non-hydrogen) atoms. The van der Waals surface area contributed by atoms with Crippen LogP contribution in [0.25, 0.3) is 0 Å². The van der Waals surface area contributed by atoms with E-state index in [-0.39, 0.29) is 0 Å². The summed E-state index contributed by atoms with van der Waals surface area (Å²) in [6.45, 7) is 1.02. The molecule has 1 rings (SSSR count). The first-order valence-electron chi connectivity index (χ1n) is 5.12. The lowest BCUT2D eigenvalue weighted by atomic mass is 10.3. The molecule has 0 fully saturated rings. The largest absolute Gasteiger partial charge is 0.390 e. The molecule has 0 amide bonds. The maximum Gasteiger partial charge on any atom is 0.0838 e. The second kappa shape index (κ2) is 6.81. The molecule has 1 aromatic rings. The van der Waals surface area contributed by atoms with Gasteiger partial charge in [0, 0.05) is 17.6 Å². The molecule has 0 bridgehead atoms. The number of nitrogens with one attached hydrogen (secondary N) is 1. The summed E-state index contributed by atoms with van der Waals surface area (Å²) in [5, 5.41) is 13.7. The summed E-state index contributed by atoms with van der Waals surface area (Å²) in [6, 6.07) is 3.63. The van der Waals surface area contributed by atoms with Crippen LogP contribution in [0, 0.1) is 0 Å². The van der Waals surface area contributed by atoms with E-state index in [1.54, 1.807) is 0 Å². The van der Waals surface area contributed by atoms with Gasteiger partial charge in [0.15, 0.2) is 0 Å². The van der Waals surface area contributed by atoms with Crippen molar-refractivity contribution in [2.24, 2.45) is 0 Å². The zero-order valence-corrected chi connectivity index (χ0v) is 12.8. The van der Waals surface area contributed by atoms with Crippen molar-refractivity contribution in [3.8, 4) is 0 Å². The van der Waals surface area contributed by atoms with Gasteiger partial charge in [-0.15, -0.1) is 0 Å². The number of anilines is 1. The van der Waals surface area contributed by atoms with Gasteiger partial charge in [0.25, 0.3) is 0 Å². The van der Waals surface area contributed by atoms with E-state index < -0.39 is 6.10 Å². The molecule has 0 saturated heterocycles. The topological polar surface area (TPSA) is 35.5 Å². The summed E-state index contributed by atoms with van der Waals surface area (Å²) in [4.78, 5) is 1.92. The van der Waals surface area contributed by atoms with E-state index >= 15 is 0 Å². The van der Waals surface area contributed by atoms with Crippen molar-refractivity contribution in [2.75, 3.05) is 32.5 Å². The summed E-state index contributed by atoms with van der Waals surface area (Å²) in [5.74, 6) is 0. The molecule has 0 aliphatic heterocycles. The zero-order chi connectivity index (χ0) is 13.0. The molecular formula is C11H15BrCl2N2O. The number of rotatable bonds is 5. The predicted molar refractivity (Wildman–Crippen MR) is 77.2 cm³/mol. The van der Waals surface area contributed by atoms with Crippen molar-refractivity contribution < 1.29 is 5.11 Å². The van der Waals surface area contributed by atoms with E-state index in [4.69, 9.17) is 23.2 Å². The first kappa shape index (κ1) is 15.1. The standard InChI is InChI=1S/C11H15BrCl2N2O/c1-16(2)6-7(17)5-15-9-4-3-8(12)10(13)11(9)14/h3-4,7,15,17H,5-6H2,1-2H3. The minimum absolute atomic E-state index is 0.426. The van der Waals surface area contributed by atoms with Crippen molar-refractivity contribution in [2.45, 2.75) is 6.10 Å². The fraction of sp³-hybridized carbons (Fsp3) is 0.455. The average Bonchev–Trinajstić information content (AvgIpc) is 2.24. The van der Waals surface area contributed by atoms with E-state index in [2.05, 4.69) is 21.2 Å². The minimum Gasteiger partial charge on any atom is -0.390 e. The second-order valence-electron chi connectivity index (χ2n) is 4.02. The number of aliphatic hydroxyl groups is 1. The number of nitrogens with zero attached hydrogens (tertiary/aromatic N) is 1. The molecule has 96 valence electrons. The van der Waals surface area contributed by atoms with Crippen LogP contribution in [0.5, 0.6) is 0 Å². The Labute approximate surface area is 120 Å². The molecule has 1 unspecified atom stereocenters. The highest BCUT2D eigenvalue weighted by Crippen LogP contribution is 2.35. The lowest BCUT2D eigenvalue weighted by Crippen LogP contribution is -2.31. The van der Waals surface area contributed by atoms with Crippen molar-refractivity contribution in [3.05, 3.63) is 26.7 Å². The molecule has 0 spiro atoms. The minimum atomic E-state index is -0.455. The van der Waals surface area contributed by atoms with Gasteiger partial charge in [0.05, 0.1) is 21.8 Å². The summed E-state index contributed by atoms with van der Waals surface area (Å²) < 4.78 is 0.753. The van der Waals surface area contributed by atoms with E-state index in [1.807, 2.05) is 31.1 Å². The number of hydrogen-bond donors (Lipinski definition) is 2. The van der Waals surface area contributed by atoms with Gasteiger partial charge in [0.2, 0.25) is 0 Å². The molecule has 0 radical (unpaired) electrons. The van der Waals surface area contributed by atoms with Gasteiger partial charge in [-0.1, -0.05) is 23.2 Å². The van der Waals surface area contributed by atoms with E-state index in [0.717, 1.165) is 10.2 Å². The van der Waals surface area contributed by atoms with Crippen LogP contribution >= 0.6 is 39.1 Å². The van der Waals surface area contributed by atoms with Crippen LogP contribution in [-0.2, 0) is 0 Å². The highest BCUT2D eigenvalue weighted by atomic mass is 79.9. The van der Waals surface area contributed by atoms with Gasteiger partial charge in [-0.25, -0.2) is 0 Å². The molecule has 1 atom stereocenters. The molecule has 0 aromatic heterocycles. The number of aliphatic hydroxyl groups excluding tert-OH is 1. The van der Waals surface area contributed by atoms with Crippen molar-refractivity contribution in [1.29, 1.82) is 0 Å². The predicted octanol–water partition coefficient (Wildman–Crippen LogP) is 3.09. The number of benzene rings is 1. The number of hydrogen-bond acceptors (Lipinski definition) is 3. The highest BCUT2D eigenvalue weighted by molar-refractivity contribution is 9.10. The molecular weight excluding hydrogens is 327 g/mol. The Kier molecular flexibility index (Phi) is 6.03. The Balaban J connectivity index is 2.61. The summed E-state index contributed by atoms with van der Waals surface area (Å²) in [6.07, 6.45) is -0.455. The van der Waals surface area contributed by atoms with Crippen LogP contribution in [0.1, 0.15) is 0 Å². The van der Waals surface area contributed by atoms with Crippen LogP contribution in [0.2, 0.25) is 10.0 Å². The molecule has 0 heterocycles. The Bertz CT molecular complexity index is 388. The molecule has 0 aliphatic carbocycles. The normalized spacial score (nSPS) is 12.9. The van der Waals surface area contributed by atoms with E-state index in [1.165, 1.54) is 0 Å². The molecule has 1 aromatic carbocycles. The average molecular weight is 342 g/mol. The molecule has 2 N–H and O–H groups in total. The Morgan fingerprint density at radius 1 is 1.35 bits per heavy atom. The van der Waals surface area contributed by atoms with Crippen molar-refractivity contribution >= 4 is 44.8 Å². The van der Waals surface area contributed by atoms with Crippen molar-refractivity contribution in [1.82, 2.24) is 4.90 Å². The van der Waals surface area contributed by atoms with Crippen LogP contribution in [0.3, 0.4) is 0 Å². The van der Waals surface area contributed by atoms with Crippen LogP contribution < -0.4 is 5.32 Å². The van der Waals surface area contributed by atoms with Gasteiger partial charge >= 0.3 is 0 Å². The van der Waals surface area contributed by atoms with Crippen LogP contribution in [-0.4, -0.2) is 43.3 Å². The van der Waals surface area contributed by atoms with Crippen LogP contribution in [0.4, 0.5) is 5.69 Å². The van der Waals surface area contributed by atoms with E-state index in [9.17, 15) is 5.11 Å². The third-order valence-electron chi connectivity index (χ3n) is 2.14. The molecule has 0 aliphatic rings. The first-order chi connectivity index (χ1) is 7.91. The molecule has 6 heteroatoms. The first-order valence-corrected chi connectivity index (χ1v) is 6.67. The molecule has 3 nitrogen and oxygen atoms in total. The molecule has 0 saturated carbocycles. The van der Waals surface area contributed by atoms with Gasteiger partial charge in [-0.05, 0) is 42.2 Å². The van der Waals surface area contributed by atoms with Gasteiger partial charge in [-0.2, -0.15) is 0 Å². The van der Waals surface area contributed by atoms with Crippen molar-refractivity contribution in [3.63, 3.8) is 0 Å². The van der Waals surface area contributed by atoms with Crippen LogP contribution in [0.15, 0.2) is 16.6 Å². The van der Waals surface area contributed by atoms with E-state index in [0.29, 0.717) is 23.1 Å². The summed E-state index contributed by atoms with van der Waals surface area (Å²) in [5.41, 5.74) is 0.720. The Morgan fingerprint density at radius 3 is 2.59 bits per heavy atom. The number of halogens is 3. The number of likely N-dealkylation sites (N-methyl/N-ethyl adjacent to an activating group) is 1. The monoisotopic (exact) mass is 340 g/mol. The maximum atomic E-state index is 9.71. The lowest BCUT2D eigenvalue weighted by molar-refractivity contribution is 0.148. The summed E-state index contributed by atoms with van der Waals surface area (Å²) >= 11 is 15.4. The third kappa shape index (κ3) is 4.64. The highest BCUT2D eigenvalue weighted by Gasteiger charge is 2.10.